The fourth-order valence-corrected chi connectivity index (χ4v) is 7.00. The number of hydrogen-bond acceptors (Lipinski definition) is 8. The number of carbonyl (C=O) groups excluding carboxylic acids is 3. The number of anilines is 1. The zero-order valence-electron chi connectivity index (χ0n) is 23.2. The molecule has 3 aromatic rings. The van der Waals surface area contributed by atoms with Gasteiger partial charge in [-0.05, 0) is 66.8 Å². The molecule has 2 saturated heterocycles. The number of ether oxygens (including phenoxy) is 2. The highest BCUT2D eigenvalue weighted by Crippen LogP contribution is 2.55. The molecule has 0 radical (unpaired) electrons. The minimum atomic E-state index is -1.51. The summed E-state index contributed by atoms with van der Waals surface area (Å²) < 4.78 is 10.7. The molecule has 0 bridgehead atoms. The third-order valence-corrected chi connectivity index (χ3v) is 8.88. The van der Waals surface area contributed by atoms with Crippen LogP contribution < -0.4 is 20.1 Å². The van der Waals surface area contributed by atoms with Gasteiger partial charge in [-0.2, -0.15) is 0 Å². The first-order chi connectivity index (χ1) is 20.1. The average molecular weight is 592 g/mol. The number of aromatic hydroxyl groups is 2. The molecular formula is C31H30ClN3O7. The smallest absolute Gasteiger partial charge is 0.250 e. The lowest BCUT2D eigenvalue weighted by atomic mass is 9.76. The number of aryl methyl sites for hydroxylation is 1. The Kier molecular flexibility index (Phi) is 6.78. The van der Waals surface area contributed by atoms with Crippen molar-refractivity contribution in [2.45, 2.75) is 31.3 Å². The van der Waals surface area contributed by atoms with Gasteiger partial charge in [0.25, 0.3) is 0 Å². The van der Waals surface area contributed by atoms with E-state index in [9.17, 15) is 24.6 Å². The topological polar surface area (TPSA) is 137 Å². The highest BCUT2D eigenvalue weighted by atomic mass is 35.5. The molecule has 4 atom stereocenters. The maximum absolute atomic E-state index is 14.2. The van der Waals surface area contributed by atoms with Gasteiger partial charge in [-0.25, -0.2) is 0 Å². The molecule has 2 fully saturated rings. The Morgan fingerprint density at radius 3 is 2.38 bits per heavy atom. The standard InChI is InChI=1S/C31H30ClN3O7/c1-15-10-18-27(19(32)11-15)33-30(40)31(18)26-25(20(34-31)12-17-4-6-21(36)22(37)13-17)28(38)35(29(26)39)9-8-16-5-7-23(41-2)24(14-16)42-3/h4-7,10-11,13-14,20,25-26,34,36-37H,8-9,12H2,1-3H3,(H,33,40)/t20-,25-,26+,31-/m1/s1. The van der Waals surface area contributed by atoms with E-state index in [2.05, 4.69) is 10.6 Å². The van der Waals surface area contributed by atoms with E-state index in [1.807, 2.05) is 19.1 Å². The highest BCUT2D eigenvalue weighted by Gasteiger charge is 2.70. The van der Waals surface area contributed by atoms with Crippen LogP contribution in [0.2, 0.25) is 5.02 Å². The number of carbonyl (C=O) groups is 3. The van der Waals surface area contributed by atoms with Gasteiger partial charge in [-0.15, -0.1) is 0 Å². The maximum Gasteiger partial charge on any atom is 0.250 e. The largest absolute Gasteiger partial charge is 0.504 e. The van der Waals surface area contributed by atoms with Crippen LogP contribution in [0.4, 0.5) is 5.69 Å². The second-order valence-corrected chi connectivity index (χ2v) is 11.4. The SMILES string of the molecule is COc1ccc(CCN2C(=O)[C@H]3[C@@H](C2=O)[C@@]2(N[C@@H]3Cc3ccc(O)c(O)c3)C(=O)Nc3c(Cl)cc(C)cc32)cc1OC. The summed E-state index contributed by atoms with van der Waals surface area (Å²) in [7, 11) is 3.08. The number of hydrogen-bond donors (Lipinski definition) is 4. The molecule has 3 amide bonds. The first-order valence-electron chi connectivity index (χ1n) is 13.6. The van der Waals surface area contributed by atoms with E-state index in [1.54, 1.807) is 31.4 Å². The summed E-state index contributed by atoms with van der Waals surface area (Å²) in [6.07, 6.45) is 0.601. The minimum absolute atomic E-state index is 0.117. The zero-order valence-corrected chi connectivity index (χ0v) is 24.0. The van der Waals surface area contributed by atoms with Gasteiger partial charge in [0.05, 0.1) is 36.8 Å². The van der Waals surface area contributed by atoms with Gasteiger partial charge < -0.3 is 25.0 Å². The van der Waals surface area contributed by atoms with Crippen molar-refractivity contribution in [3.05, 3.63) is 75.8 Å². The Labute approximate surface area is 247 Å². The molecular weight excluding hydrogens is 562 g/mol. The lowest BCUT2D eigenvalue weighted by Crippen LogP contribution is -2.53. The minimum Gasteiger partial charge on any atom is -0.504 e. The Morgan fingerprint density at radius 2 is 1.67 bits per heavy atom. The van der Waals surface area contributed by atoms with Crippen molar-refractivity contribution in [2.24, 2.45) is 11.8 Å². The summed E-state index contributed by atoms with van der Waals surface area (Å²) in [5, 5.41) is 26.5. The van der Waals surface area contributed by atoms with Crippen LogP contribution in [0.15, 0.2) is 48.5 Å². The number of fused-ring (bicyclic) bond motifs is 4. The van der Waals surface area contributed by atoms with Crippen molar-refractivity contribution in [3.8, 4) is 23.0 Å². The van der Waals surface area contributed by atoms with Gasteiger partial charge in [-0.1, -0.05) is 29.8 Å². The van der Waals surface area contributed by atoms with Gasteiger partial charge in [0.2, 0.25) is 17.7 Å². The van der Waals surface area contributed by atoms with Crippen LogP contribution in [-0.2, 0) is 32.8 Å². The first kappa shape index (κ1) is 27.9. The van der Waals surface area contributed by atoms with Crippen molar-refractivity contribution >= 4 is 35.0 Å². The number of phenols is 2. The number of nitrogens with zero attached hydrogens (tertiary/aromatic N) is 1. The second-order valence-electron chi connectivity index (χ2n) is 11.0. The van der Waals surface area contributed by atoms with E-state index in [4.69, 9.17) is 21.1 Å². The predicted octanol–water partition coefficient (Wildman–Crippen LogP) is 3.28. The quantitative estimate of drug-likeness (QED) is 0.243. The normalized spacial score (nSPS) is 24.2. The van der Waals surface area contributed by atoms with Crippen molar-refractivity contribution < 1.29 is 34.1 Å². The molecule has 0 aliphatic carbocycles. The first-order valence-corrected chi connectivity index (χ1v) is 13.9. The number of methoxy groups -OCH3 is 2. The number of rotatable bonds is 7. The lowest BCUT2D eigenvalue weighted by molar-refractivity contribution is -0.142. The second kappa shape index (κ2) is 10.2. The van der Waals surface area contributed by atoms with Gasteiger partial charge in [0.1, 0.15) is 5.54 Å². The van der Waals surface area contributed by atoms with Crippen LogP contribution in [0.5, 0.6) is 23.0 Å². The Balaban J connectivity index is 1.38. The molecule has 0 saturated carbocycles. The summed E-state index contributed by atoms with van der Waals surface area (Å²) in [5.74, 6) is -2.57. The number of likely N-dealkylation sites (tertiary alicyclic amines) is 1. The van der Waals surface area contributed by atoms with Crippen molar-refractivity contribution in [3.63, 3.8) is 0 Å². The summed E-state index contributed by atoms with van der Waals surface area (Å²) >= 11 is 6.53. The molecule has 6 rings (SSSR count). The molecule has 0 unspecified atom stereocenters. The lowest BCUT2D eigenvalue weighted by Gasteiger charge is -2.30. The zero-order chi connectivity index (χ0) is 29.9. The molecule has 3 aliphatic heterocycles. The summed E-state index contributed by atoms with van der Waals surface area (Å²) in [5.41, 5.74) is 1.73. The average Bonchev–Trinajstić information content (AvgIpc) is 3.54. The molecule has 3 aromatic carbocycles. The van der Waals surface area contributed by atoms with Crippen LogP contribution in [0.1, 0.15) is 22.3 Å². The number of amides is 3. The molecule has 4 N–H and O–H groups in total. The Hall–Kier alpha value is -4.28. The van der Waals surface area contributed by atoms with E-state index >= 15 is 0 Å². The fraction of sp³-hybridized carbons (Fsp3) is 0.323. The maximum atomic E-state index is 14.2. The molecule has 3 aliphatic rings. The molecule has 42 heavy (non-hydrogen) atoms. The van der Waals surface area contributed by atoms with Gasteiger partial charge >= 0.3 is 0 Å². The number of nitrogens with one attached hydrogen (secondary N) is 2. The monoisotopic (exact) mass is 591 g/mol. The van der Waals surface area contributed by atoms with Crippen LogP contribution in [-0.4, -0.2) is 59.6 Å². The summed E-state index contributed by atoms with van der Waals surface area (Å²) in [6.45, 7) is 1.97. The number of halogens is 1. The van der Waals surface area contributed by atoms with Crippen LogP contribution >= 0.6 is 11.6 Å². The summed E-state index contributed by atoms with van der Waals surface area (Å²) in [6, 6.07) is 12.8. The van der Waals surface area contributed by atoms with E-state index in [0.717, 1.165) is 11.1 Å². The van der Waals surface area contributed by atoms with Crippen molar-refractivity contribution in [1.82, 2.24) is 10.2 Å². The van der Waals surface area contributed by atoms with Gasteiger partial charge in [-0.3, -0.25) is 24.6 Å². The Morgan fingerprint density at radius 1 is 0.929 bits per heavy atom. The highest BCUT2D eigenvalue weighted by molar-refractivity contribution is 6.35. The molecule has 218 valence electrons. The fourth-order valence-electron chi connectivity index (χ4n) is 6.68. The van der Waals surface area contributed by atoms with Gasteiger partial charge in [0, 0.05) is 18.2 Å². The van der Waals surface area contributed by atoms with E-state index in [-0.39, 0.29) is 30.4 Å². The molecule has 10 nitrogen and oxygen atoms in total. The molecule has 0 aromatic heterocycles. The predicted molar refractivity (Wildman–Crippen MR) is 154 cm³/mol. The number of imide groups is 1. The number of phenolic OH excluding ortho intramolecular Hbond substituents is 2. The van der Waals surface area contributed by atoms with Crippen LogP contribution in [0, 0.1) is 18.8 Å². The number of benzene rings is 3. The molecule has 1 spiro atoms. The Bertz CT molecular complexity index is 1640. The molecule has 3 heterocycles. The third kappa shape index (κ3) is 4.16. The van der Waals surface area contributed by atoms with E-state index in [0.29, 0.717) is 39.8 Å². The van der Waals surface area contributed by atoms with E-state index in [1.165, 1.54) is 24.1 Å². The van der Waals surface area contributed by atoms with Crippen molar-refractivity contribution in [2.75, 3.05) is 26.1 Å². The van der Waals surface area contributed by atoms with E-state index < -0.39 is 35.2 Å². The van der Waals surface area contributed by atoms with Crippen LogP contribution in [0.25, 0.3) is 0 Å². The van der Waals surface area contributed by atoms with Gasteiger partial charge in [0.15, 0.2) is 23.0 Å². The third-order valence-electron chi connectivity index (χ3n) is 8.58. The summed E-state index contributed by atoms with van der Waals surface area (Å²) in [4.78, 5) is 43.3. The van der Waals surface area contributed by atoms with Crippen LogP contribution in [0.3, 0.4) is 0 Å². The van der Waals surface area contributed by atoms with Crippen molar-refractivity contribution in [1.29, 1.82) is 0 Å². The molecule has 11 heteroatoms.